The van der Waals surface area contributed by atoms with Crippen LogP contribution >= 0.6 is 28.1 Å². The van der Waals surface area contributed by atoms with Gasteiger partial charge in [-0.05, 0) is 91.1 Å². The van der Waals surface area contributed by atoms with Crippen molar-refractivity contribution in [1.82, 2.24) is 10.3 Å². The maximum absolute atomic E-state index is 14.7. The molecule has 1 aliphatic rings. The molecular weight excluding hydrogens is 619 g/mol. The summed E-state index contributed by atoms with van der Waals surface area (Å²) in [5.74, 6) is 0.946. The molecule has 0 bridgehead atoms. The molecule has 10 heteroatoms. The normalized spacial score (nSPS) is 16.2. The van der Waals surface area contributed by atoms with Crippen LogP contribution in [0.5, 0.6) is 5.75 Å². The molecule has 0 radical (unpaired) electrons. The van der Waals surface area contributed by atoms with Gasteiger partial charge in [-0.2, -0.15) is 0 Å². The SMILES string of the molecule is O=C(COc1ccccc1)Nc1ccc(N2C(=S)N[C@@H](c3ccccn3)[C@H]2c2ccc(-c3ccc(Br)cc3F)o2)cc1. The number of hydrogen-bond acceptors (Lipinski definition) is 5. The zero-order valence-electron chi connectivity index (χ0n) is 22.0. The Bertz CT molecular complexity index is 1720. The Balaban J connectivity index is 1.26. The Hall–Kier alpha value is -4.54. The number of carbonyl (C=O) groups is 1. The number of halogens is 2. The first-order chi connectivity index (χ1) is 20.5. The van der Waals surface area contributed by atoms with Gasteiger partial charge in [0.15, 0.2) is 11.7 Å². The predicted molar refractivity (Wildman–Crippen MR) is 167 cm³/mol. The molecule has 2 N–H and O–H groups in total. The molecule has 1 aliphatic heterocycles. The molecule has 5 aromatic rings. The average molecular weight is 644 g/mol. The Kier molecular flexibility index (Phi) is 7.98. The number of nitrogens with one attached hydrogen (secondary N) is 2. The number of carbonyl (C=O) groups excluding carboxylic acids is 1. The molecule has 6 rings (SSSR count). The van der Waals surface area contributed by atoms with Gasteiger partial charge in [-0.15, -0.1) is 0 Å². The molecule has 7 nitrogen and oxygen atoms in total. The molecule has 0 unspecified atom stereocenters. The van der Waals surface area contributed by atoms with Crippen LogP contribution in [0.1, 0.15) is 23.5 Å². The van der Waals surface area contributed by atoms with Crippen molar-refractivity contribution in [2.45, 2.75) is 12.1 Å². The van der Waals surface area contributed by atoms with Gasteiger partial charge in [0.25, 0.3) is 5.91 Å². The van der Waals surface area contributed by atoms with E-state index in [4.69, 9.17) is 21.4 Å². The van der Waals surface area contributed by atoms with Crippen LogP contribution < -0.4 is 20.3 Å². The summed E-state index contributed by atoms with van der Waals surface area (Å²) in [5, 5.41) is 6.72. The highest BCUT2D eigenvalue weighted by Crippen LogP contribution is 2.43. The number of thiocarbonyl (C=S) groups is 1. The second-order valence-corrected chi connectivity index (χ2v) is 10.8. The number of nitrogens with zero attached hydrogens (tertiary/aromatic N) is 2. The number of para-hydroxylation sites is 1. The van der Waals surface area contributed by atoms with E-state index in [0.717, 1.165) is 11.4 Å². The number of benzene rings is 3. The van der Waals surface area contributed by atoms with Crippen molar-refractivity contribution < 1.29 is 18.3 Å². The Morgan fingerprint density at radius 3 is 2.55 bits per heavy atom. The van der Waals surface area contributed by atoms with Crippen molar-refractivity contribution in [3.63, 3.8) is 0 Å². The van der Waals surface area contributed by atoms with E-state index in [2.05, 4.69) is 31.5 Å². The van der Waals surface area contributed by atoms with Gasteiger partial charge in [-0.25, -0.2) is 4.39 Å². The summed E-state index contributed by atoms with van der Waals surface area (Å²) < 4.78 is 27.2. The standard InChI is InChI=1S/C32H24BrFN4O3S/c33-20-9-14-24(25(34)18-20)27-15-16-28(41-27)31-30(26-8-4-5-17-35-26)37-32(42)38(31)22-12-10-21(11-13-22)36-29(39)19-40-23-6-2-1-3-7-23/h1-18,30-31H,19H2,(H,36,39)(H,37,42)/t30-,31+/m0/s1. The van der Waals surface area contributed by atoms with Crippen LogP contribution in [0.4, 0.5) is 15.8 Å². The quantitative estimate of drug-likeness (QED) is 0.170. The van der Waals surface area contributed by atoms with Crippen LogP contribution in [0.3, 0.4) is 0 Å². The van der Waals surface area contributed by atoms with E-state index in [-0.39, 0.29) is 18.6 Å². The third-order valence-electron chi connectivity index (χ3n) is 6.76. The van der Waals surface area contributed by atoms with E-state index in [1.165, 1.54) is 6.07 Å². The van der Waals surface area contributed by atoms with Gasteiger partial charge in [-0.1, -0.05) is 40.2 Å². The third kappa shape index (κ3) is 5.90. The molecule has 1 amide bonds. The number of anilines is 2. The van der Waals surface area contributed by atoms with Crippen LogP contribution in [0.15, 0.2) is 118 Å². The van der Waals surface area contributed by atoms with Crippen molar-refractivity contribution in [2.24, 2.45) is 0 Å². The lowest BCUT2D eigenvalue weighted by Gasteiger charge is -2.26. The first-order valence-electron chi connectivity index (χ1n) is 13.1. The predicted octanol–water partition coefficient (Wildman–Crippen LogP) is 7.44. The highest BCUT2D eigenvalue weighted by Gasteiger charge is 2.42. The summed E-state index contributed by atoms with van der Waals surface area (Å²) in [4.78, 5) is 19.0. The van der Waals surface area contributed by atoms with Gasteiger partial charge in [-0.3, -0.25) is 9.78 Å². The van der Waals surface area contributed by atoms with Crippen LogP contribution in [0.25, 0.3) is 11.3 Å². The molecule has 1 saturated heterocycles. The van der Waals surface area contributed by atoms with Gasteiger partial charge in [0, 0.05) is 22.0 Å². The summed E-state index contributed by atoms with van der Waals surface area (Å²) in [6, 6.07) is 29.9. The van der Waals surface area contributed by atoms with Crippen LogP contribution in [-0.2, 0) is 4.79 Å². The zero-order valence-corrected chi connectivity index (χ0v) is 24.4. The Morgan fingerprint density at radius 1 is 1.02 bits per heavy atom. The second kappa shape index (κ2) is 12.1. The number of amides is 1. The highest BCUT2D eigenvalue weighted by atomic mass is 79.9. The van der Waals surface area contributed by atoms with Gasteiger partial charge in [0.2, 0.25) is 0 Å². The molecule has 3 heterocycles. The second-order valence-electron chi connectivity index (χ2n) is 9.52. The molecule has 1 fully saturated rings. The summed E-state index contributed by atoms with van der Waals surface area (Å²) in [6.45, 7) is -0.112. The van der Waals surface area contributed by atoms with Crippen molar-refractivity contribution in [2.75, 3.05) is 16.8 Å². The van der Waals surface area contributed by atoms with E-state index < -0.39 is 11.9 Å². The maximum Gasteiger partial charge on any atom is 0.262 e. The lowest BCUT2D eigenvalue weighted by atomic mass is 10.0. The van der Waals surface area contributed by atoms with E-state index in [9.17, 15) is 9.18 Å². The van der Waals surface area contributed by atoms with Crippen molar-refractivity contribution >= 4 is 50.5 Å². The monoisotopic (exact) mass is 642 g/mol. The van der Waals surface area contributed by atoms with E-state index >= 15 is 0 Å². The number of hydrogen-bond donors (Lipinski definition) is 2. The molecule has 0 spiro atoms. The minimum absolute atomic E-state index is 0.112. The third-order valence-corrected chi connectivity index (χ3v) is 7.56. The lowest BCUT2D eigenvalue weighted by Crippen LogP contribution is -2.29. The van der Waals surface area contributed by atoms with Crippen molar-refractivity contribution in [1.29, 1.82) is 0 Å². The fraction of sp³-hybridized carbons (Fsp3) is 0.0938. The number of ether oxygens (including phenoxy) is 1. The van der Waals surface area contributed by atoms with Gasteiger partial charge >= 0.3 is 0 Å². The smallest absolute Gasteiger partial charge is 0.262 e. The zero-order chi connectivity index (χ0) is 29.1. The lowest BCUT2D eigenvalue weighted by molar-refractivity contribution is -0.118. The van der Waals surface area contributed by atoms with E-state index in [1.54, 1.807) is 48.7 Å². The minimum Gasteiger partial charge on any atom is -0.484 e. The number of furan rings is 1. The van der Waals surface area contributed by atoms with E-state index in [1.807, 2.05) is 59.5 Å². The first-order valence-corrected chi connectivity index (χ1v) is 14.3. The minimum atomic E-state index is -0.417. The summed E-state index contributed by atoms with van der Waals surface area (Å²) >= 11 is 9.09. The fourth-order valence-electron chi connectivity index (χ4n) is 4.84. The van der Waals surface area contributed by atoms with Crippen LogP contribution in [0, 0.1) is 5.82 Å². The van der Waals surface area contributed by atoms with Gasteiger partial charge in [0.05, 0.1) is 17.3 Å². The summed E-state index contributed by atoms with van der Waals surface area (Å²) in [5.41, 5.74) is 2.53. The van der Waals surface area contributed by atoms with Gasteiger partial charge in [0.1, 0.15) is 29.1 Å². The Labute approximate surface area is 255 Å². The molecule has 2 aromatic heterocycles. The number of rotatable bonds is 8. The highest BCUT2D eigenvalue weighted by molar-refractivity contribution is 9.10. The first kappa shape index (κ1) is 27.6. The van der Waals surface area contributed by atoms with Crippen LogP contribution in [0.2, 0.25) is 0 Å². The average Bonchev–Trinajstić information content (AvgIpc) is 3.62. The van der Waals surface area contributed by atoms with Gasteiger partial charge < -0.3 is 24.7 Å². The Morgan fingerprint density at radius 2 is 1.81 bits per heavy atom. The summed E-state index contributed by atoms with van der Waals surface area (Å²) in [6.07, 6.45) is 1.73. The molecule has 210 valence electrons. The summed E-state index contributed by atoms with van der Waals surface area (Å²) in [7, 11) is 0. The maximum atomic E-state index is 14.7. The number of aromatic nitrogens is 1. The molecule has 3 aromatic carbocycles. The fourth-order valence-corrected chi connectivity index (χ4v) is 5.51. The van der Waals surface area contributed by atoms with E-state index in [0.29, 0.717) is 38.1 Å². The molecule has 42 heavy (non-hydrogen) atoms. The number of pyridine rings is 1. The largest absolute Gasteiger partial charge is 0.484 e. The van der Waals surface area contributed by atoms with Crippen molar-refractivity contribution in [3.8, 4) is 17.1 Å². The molecule has 2 atom stereocenters. The molecule has 0 saturated carbocycles. The molecular formula is C32H24BrFN4O3S. The van der Waals surface area contributed by atoms with Crippen LogP contribution in [-0.4, -0.2) is 22.6 Å². The van der Waals surface area contributed by atoms with Crippen molar-refractivity contribution in [3.05, 3.63) is 131 Å². The molecule has 0 aliphatic carbocycles. The topological polar surface area (TPSA) is 79.6 Å².